The van der Waals surface area contributed by atoms with Crippen LogP contribution in [0.15, 0.2) is 17.0 Å². The zero-order chi connectivity index (χ0) is 15.7. The fourth-order valence-electron chi connectivity index (χ4n) is 1.80. The van der Waals surface area contributed by atoms with E-state index in [1.165, 1.54) is 20.8 Å². The maximum atomic E-state index is 12.1. The molecule has 0 aliphatic carbocycles. The summed E-state index contributed by atoms with van der Waals surface area (Å²) in [6.07, 6.45) is 0. The predicted molar refractivity (Wildman–Crippen MR) is 70.0 cm³/mol. The summed E-state index contributed by atoms with van der Waals surface area (Å²) in [6.45, 7) is 4.02. The molecule has 110 valence electrons. The van der Waals surface area contributed by atoms with Crippen LogP contribution in [0.3, 0.4) is 0 Å². The summed E-state index contributed by atoms with van der Waals surface area (Å²) in [4.78, 5) is 20.6. The van der Waals surface area contributed by atoms with Gasteiger partial charge in [-0.05, 0) is 31.9 Å². The summed E-state index contributed by atoms with van der Waals surface area (Å²) in [5.74, 6) is -1.31. The summed E-state index contributed by atoms with van der Waals surface area (Å²) in [5, 5.41) is 19.4. The van der Waals surface area contributed by atoms with Crippen LogP contribution in [-0.2, 0) is 14.8 Å². The van der Waals surface area contributed by atoms with Crippen molar-refractivity contribution in [3.8, 4) is 0 Å². The van der Waals surface area contributed by atoms with E-state index in [1.54, 1.807) is 0 Å². The molecule has 20 heavy (non-hydrogen) atoms. The number of aliphatic carboxylic acids is 1. The van der Waals surface area contributed by atoms with Crippen LogP contribution in [0, 0.1) is 24.0 Å². The Labute approximate surface area is 115 Å². The number of benzene rings is 1. The first-order valence-electron chi connectivity index (χ1n) is 5.57. The van der Waals surface area contributed by atoms with Gasteiger partial charge in [-0.2, -0.15) is 4.72 Å². The number of hydrogen-bond donors (Lipinski definition) is 2. The van der Waals surface area contributed by atoms with Gasteiger partial charge in [0.1, 0.15) is 6.04 Å². The average molecular weight is 302 g/mol. The largest absolute Gasteiger partial charge is 0.480 e. The molecule has 9 heteroatoms. The van der Waals surface area contributed by atoms with Crippen molar-refractivity contribution in [3.05, 3.63) is 33.4 Å². The summed E-state index contributed by atoms with van der Waals surface area (Å²) < 4.78 is 26.3. The van der Waals surface area contributed by atoms with Crippen molar-refractivity contribution in [1.82, 2.24) is 4.72 Å². The van der Waals surface area contributed by atoms with E-state index in [0.29, 0.717) is 0 Å². The lowest BCUT2D eigenvalue weighted by atomic mass is 10.1. The second-order valence-corrected chi connectivity index (χ2v) is 6.00. The van der Waals surface area contributed by atoms with Crippen LogP contribution in [0.4, 0.5) is 5.69 Å². The fourth-order valence-corrected chi connectivity index (χ4v) is 3.45. The molecule has 0 saturated carbocycles. The van der Waals surface area contributed by atoms with Crippen molar-refractivity contribution in [2.75, 3.05) is 0 Å². The van der Waals surface area contributed by atoms with Crippen LogP contribution < -0.4 is 4.72 Å². The SMILES string of the molecule is Cc1cc([N+](=O)[O-])cc(C)c1S(=O)(=O)N[C@H](C)C(=O)O. The minimum Gasteiger partial charge on any atom is -0.480 e. The Hall–Kier alpha value is -2.00. The zero-order valence-corrected chi connectivity index (χ0v) is 11.9. The molecule has 2 N–H and O–H groups in total. The number of nitrogens with zero attached hydrogens (tertiary/aromatic N) is 1. The van der Waals surface area contributed by atoms with E-state index in [4.69, 9.17) is 5.11 Å². The Morgan fingerprint density at radius 2 is 1.80 bits per heavy atom. The maximum Gasteiger partial charge on any atom is 0.321 e. The van der Waals surface area contributed by atoms with Gasteiger partial charge in [0.2, 0.25) is 10.0 Å². The first kappa shape index (κ1) is 16.1. The second-order valence-electron chi connectivity index (χ2n) is 4.35. The Bertz CT molecular complexity index is 644. The molecule has 8 nitrogen and oxygen atoms in total. The predicted octanol–water partition coefficient (Wildman–Crippen LogP) is 0.963. The Morgan fingerprint density at radius 3 is 2.15 bits per heavy atom. The molecule has 0 bridgehead atoms. The van der Waals surface area contributed by atoms with Gasteiger partial charge in [0.25, 0.3) is 5.69 Å². The van der Waals surface area contributed by atoms with Crippen molar-refractivity contribution < 1.29 is 23.2 Å². The third kappa shape index (κ3) is 3.31. The van der Waals surface area contributed by atoms with Crippen LogP contribution in [-0.4, -0.2) is 30.5 Å². The number of carboxylic acids is 1. The van der Waals surface area contributed by atoms with Crippen molar-refractivity contribution in [2.24, 2.45) is 0 Å². The van der Waals surface area contributed by atoms with Crippen molar-refractivity contribution in [1.29, 1.82) is 0 Å². The van der Waals surface area contributed by atoms with Gasteiger partial charge < -0.3 is 5.11 Å². The molecule has 0 unspecified atom stereocenters. The highest BCUT2D eigenvalue weighted by molar-refractivity contribution is 7.89. The Kier molecular flexibility index (Phi) is 4.46. The van der Waals surface area contributed by atoms with E-state index < -0.39 is 27.0 Å². The molecular formula is C11H14N2O6S. The summed E-state index contributed by atoms with van der Waals surface area (Å²) >= 11 is 0. The molecule has 0 spiro atoms. The molecular weight excluding hydrogens is 288 g/mol. The molecule has 0 saturated heterocycles. The van der Waals surface area contributed by atoms with Gasteiger partial charge in [-0.1, -0.05) is 0 Å². The highest BCUT2D eigenvalue weighted by Crippen LogP contribution is 2.25. The van der Waals surface area contributed by atoms with Gasteiger partial charge in [-0.3, -0.25) is 14.9 Å². The molecule has 1 atom stereocenters. The monoisotopic (exact) mass is 302 g/mol. The molecule has 0 radical (unpaired) electrons. The van der Waals surface area contributed by atoms with E-state index in [2.05, 4.69) is 0 Å². The third-order valence-corrected chi connectivity index (χ3v) is 4.47. The lowest BCUT2D eigenvalue weighted by molar-refractivity contribution is -0.385. The molecule has 0 aliphatic rings. The number of aryl methyl sites for hydroxylation is 2. The van der Waals surface area contributed by atoms with Crippen molar-refractivity contribution in [3.63, 3.8) is 0 Å². The first-order chi connectivity index (χ1) is 9.06. The number of nitrogens with one attached hydrogen (secondary N) is 1. The molecule has 1 aromatic rings. The maximum absolute atomic E-state index is 12.1. The van der Waals surface area contributed by atoms with E-state index in [-0.39, 0.29) is 21.7 Å². The van der Waals surface area contributed by atoms with Crippen LogP contribution in [0.2, 0.25) is 0 Å². The lowest BCUT2D eigenvalue weighted by Gasteiger charge is -2.14. The summed E-state index contributed by atoms with van der Waals surface area (Å²) in [7, 11) is -4.06. The van der Waals surface area contributed by atoms with Gasteiger partial charge in [0.15, 0.2) is 0 Å². The highest BCUT2D eigenvalue weighted by Gasteiger charge is 2.26. The number of hydrogen-bond acceptors (Lipinski definition) is 5. The minimum atomic E-state index is -4.06. The summed E-state index contributed by atoms with van der Waals surface area (Å²) in [5.41, 5.74) is 0.147. The highest BCUT2D eigenvalue weighted by atomic mass is 32.2. The molecule has 0 fully saturated rings. The van der Waals surface area contributed by atoms with Crippen molar-refractivity contribution in [2.45, 2.75) is 31.7 Å². The Balaban J connectivity index is 3.33. The topological polar surface area (TPSA) is 127 Å². The number of nitro groups is 1. The molecule has 0 aromatic heterocycles. The van der Waals surface area contributed by atoms with Crippen LogP contribution in [0.5, 0.6) is 0 Å². The number of carboxylic acid groups (broad SMARTS) is 1. The van der Waals surface area contributed by atoms with E-state index >= 15 is 0 Å². The standard InChI is InChI=1S/C11H14N2O6S/c1-6-4-9(13(16)17)5-7(2)10(6)20(18,19)12-8(3)11(14)15/h4-5,8,12H,1-3H3,(H,14,15)/t8-/m1/s1. The average Bonchev–Trinajstić information content (AvgIpc) is 2.26. The summed E-state index contributed by atoms with van der Waals surface area (Å²) in [6, 6.07) is 0.967. The molecule has 0 aliphatic heterocycles. The van der Waals surface area contributed by atoms with Gasteiger partial charge >= 0.3 is 5.97 Å². The molecule has 1 rings (SSSR count). The Morgan fingerprint density at radius 1 is 1.35 bits per heavy atom. The smallest absolute Gasteiger partial charge is 0.321 e. The normalized spacial score (nSPS) is 12.9. The lowest BCUT2D eigenvalue weighted by Crippen LogP contribution is -2.38. The number of carbonyl (C=O) groups is 1. The fraction of sp³-hybridized carbons (Fsp3) is 0.364. The van der Waals surface area contributed by atoms with Crippen LogP contribution >= 0.6 is 0 Å². The third-order valence-electron chi connectivity index (χ3n) is 2.63. The number of nitro benzene ring substituents is 1. The number of non-ortho nitro benzene ring substituents is 1. The first-order valence-corrected chi connectivity index (χ1v) is 7.05. The van der Waals surface area contributed by atoms with Gasteiger partial charge in [-0.15, -0.1) is 0 Å². The van der Waals surface area contributed by atoms with Gasteiger partial charge in [0, 0.05) is 12.1 Å². The van der Waals surface area contributed by atoms with E-state index in [0.717, 1.165) is 12.1 Å². The molecule has 0 amide bonds. The van der Waals surface area contributed by atoms with Gasteiger partial charge in [0.05, 0.1) is 9.82 Å². The molecule has 1 aromatic carbocycles. The van der Waals surface area contributed by atoms with Gasteiger partial charge in [-0.25, -0.2) is 8.42 Å². The van der Waals surface area contributed by atoms with Crippen molar-refractivity contribution >= 4 is 21.7 Å². The second kappa shape index (κ2) is 5.55. The zero-order valence-electron chi connectivity index (χ0n) is 11.1. The van der Waals surface area contributed by atoms with Crippen LogP contribution in [0.1, 0.15) is 18.1 Å². The van der Waals surface area contributed by atoms with E-state index in [1.807, 2.05) is 4.72 Å². The minimum absolute atomic E-state index is 0.142. The molecule has 0 heterocycles. The number of sulfonamides is 1. The quantitative estimate of drug-likeness (QED) is 0.616. The number of rotatable bonds is 5. The van der Waals surface area contributed by atoms with Crippen LogP contribution in [0.25, 0.3) is 0 Å². The van der Waals surface area contributed by atoms with E-state index in [9.17, 15) is 23.3 Å².